The Hall–Kier alpha value is -3.41. The number of carbonyl (C=O) groups is 1. The van der Waals surface area contributed by atoms with E-state index in [0.29, 0.717) is 18.1 Å². The van der Waals surface area contributed by atoms with Crippen LogP contribution < -0.4 is 15.4 Å². The zero-order chi connectivity index (χ0) is 18.9. The van der Waals surface area contributed by atoms with Crippen molar-refractivity contribution in [3.8, 4) is 5.75 Å². The number of anilines is 2. The van der Waals surface area contributed by atoms with Crippen molar-refractivity contribution in [2.24, 2.45) is 0 Å². The lowest BCUT2D eigenvalue weighted by Gasteiger charge is -2.08. The smallest absolute Gasteiger partial charge is 0.254 e. The third-order valence-electron chi connectivity index (χ3n) is 4.01. The van der Waals surface area contributed by atoms with E-state index in [4.69, 9.17) is 4.74 Å². The van der Waals surface area contributed by atoms with Crippen LogP contribution in [0.25, 0.3) is 0 Å². The number of benzene rings is 2. The highest BCUT2D eigenvalue weighted by atomic mass is 16.5. The summed E-state index contributed by atoms with van der Waals surface area (Å²) in [7, 11) is 1.61. The van der Waals surface area contributed by atoms with Gasteiger partial charge in [-0.1, -0.05) is 36.4 Å². The molecule has 0 aliphatic heterocycles. The van der Waals surface area contributed by atoms with E-state index in [9.17, 15) is 4.79 Å². The highest BCUT2D eigenvalue weighted by Gasteiger charge is 2.07. The maximum atomic E-state index is 12.2. The molecule has 27 heavy (non-hydrogen) atoms. The van der Waals surface area contributed by atoms with Gasteiger partial charge in [-0.2, -0.15) is 0 Å². The van der Waals surface area contributed by atoms with Crippen molar-refractivity contribution in [2.45, 2.75) is 12.8 Å². The Kier molecular flexibility index (Phi) is 6.35. The van der Waals surface area contributed by atoms with E-state index in [0.717, 1.165) is 24.3 Å². The molecule has 3 rings (SSSR count). The summed E-state index contributed by atoms with van der Waals surface area (Å²) in [6, 6.07) is 17.7. The van der Waals surface area contributed by atoms with Crippen LogP contribution in [0.4, 0.5) is 11.6 Å². The molecular weight excluding hydrogens is 340 g/mol. The number of methoxy groups -OCH3 is 1. The number of ether oxygens (including phenoxy) is 1. The van der Waals surface area contributed by atoms with E-state index in [-0.39, 0.29) is 5.91 Å². The van der Waals surface area contributed by atoms with Crippen LogP contribution in [-0.2, 0) is 6.42 Å². The van der Waals surface area contributed by atoms with Crippen molar-refractivity contribution >= 4 is 17.5 Å². The van der Waals surface area contributed by atoms with Crippen LogP contribution >= 0.6 is 0 Å². The third kappa shape index (κ3) is 5.54. The number of hydrogen-bond acceptors (Lipinski definition) is 5. The van der Waals surface area contributed by atoms with Crippen LogP contribution in [0.2, 0.25) is 0 Å². The van der Waals surface area contributed by atoms with E-state index in [1.807, 2.05) is 42.5 Å². The Bertz CT molecular complexity index is 867. The fourth-order valence-corrected chi connectivity index (χ4v) is 2.58. The molecule has 1 aromatic heterocycles. The van der Waals surface area contributed by atoms with Gasteiger partial charge in [0.15, 0.2) is 0 Å². The number of carbonyl (C=O) groups excluding carboxylic acids is 1. The molecule has 2 N–H and O–H groups in total. The van der Waals surface area contributed by atoms with Gasteiger partial charge in [0.05, 0.1) is 12.7 Å². The number of hydrogen-bond donors (Lipinski definition) is 2. The molecule has 0 unspecified atom stereocenters. The molecule has 138 valence electrons. The second-order valence-corrected chi connectivity index (χ2v) is 6.00. The summed E-state index contributed by atoms with van der Waals surface area (Å²) < 4.78 is 5.18. The van der Waals surface area contributed by atoms with Crippen LogP contribution in [0.15, 0.2) is 67.0 Å². The molecule has 0 bridgehead atoms. The van der Waals surface area contributed by atoms with Gasteiger partial charge in [0, 0.05) is 30.7 Å². The van der Waals surface area contributed by atoms with Crippen molar-refractivity contribution < 1.29 is 9.53 Å². The van der Waals surface area contributed by atoms with Crippen LogP contribution in [0, 0.1) is 0 Å². The van der Waals surface area contributed by atoms with Gasteiger partial charge in [-0.3, -0.25) is 4.79 Å². The molecule has 0 saturated heterocycles. The first-order chi connectivity index (χ1) is 13.2. The molecule has 0 fully saturated rings. The second-order valence-electron chi connectivity index (χ2n) is 6.00. The van der Waals surface area contributed by atoms with E-state index in [2.05, 4.69) is 32.7 Å². The van der Waals surface area contributed by atoms with Crippen LogP contribution in [-0.4, -0.2) is 29.5 Å². The molecule has 1 amide bonds. The highest BCUT2D eigenvalue weighted by molar-refractivity contribution is 5.93. The first-order valence-corrected chi connectivity index (χ1v) is 8.80. The number of amides is 1. The summed E-state index contributed by atoms with van der Waals surface area (Å²) in [5.74, 6) is 0.992. The van der Waals surface area contributed by atoms with Gasteiger partial charge in [0.1, 0.15) is 5.75 Å². The van der Waals surface area contributed by atoms with E-state index in [1.54, 1.807) is 7.11 Å². The van der Waals surface area contributed by atoms with Gasteiger partial charge in [0.2, 0.25) is 5.95 Å². The van der Waals surface area contributed by atoms with Gasteiger partial charge in [-0.25, -0.2) is 9.97 Å². The Labute approximate surface area is 158 Å². The summed E-state index contributed by atoms with van der Waals surface area (Å²) in [5.41, 5.74) is 2.52. The lowest BCUT2D eigenvalue weighted by molar-refractivity contribution is 0.0952. The van der Waals surface area contributed by atoms with Gasteiger partial charge in [0.25, 0.3) is 5.91 Å². The largest absolute Gasteiger partial charge is 0.497 e. The maximum Gasteiger partial charge on any atom is 0.254 e. The predicted molar refractivity (Wildman–Crippen MR) is 105 cm³/mol. The molecule has 0 radical (unpaired) electrons. The zero-order valence-electron chi connectivity index (χ0n) is 15.2. The number of rotatable bonds is 8. The Morgan fingerprint density at radius 3 is 2.56 bits per heavy atom. The molecular formula is C21H22N4O2. The molecule has 3 aromatic rings. The topological polar surface area (TPSA) is 76.1 Å². The van der Waals surface area contributed by atoms with Crippen LogP contribution in [0.1, 0.15) is 22.3 Å². The molecule has 0 saturated carbocycles. The molecule has 6 nitrogen and oxygen atoms in total. The predicted octanol–water partition coefficient (Wildman–Crippen LogP) is 3.59. The molecule has 0 spiro atoms. The summed E-state index contributed by atoms with van der Waals surface area (Å²) in [5, 5.41) is 5.98. The van der Waals surface area contributed by atoms with E-state index < -0.39 is 0 Å². The second kappa shape index (κ2) is 9.33. The average molecular weight is 362 g/mol. The van der Waals surface area contributed by atoms with Crippen molar-refractivity contribution in [2.75, 3.05) is 19.0 Å². The summed E-state index contributed by atoms with van der Waals surface area (Å²) in [4.78, 5) is 20.6. The molecule has 6 heteroatoms. The minimum absolute atomic E-state index is 0.170. The SMILES string of the molecule is COc1cccc(Nc2ncc(C(=O)NCCCc3ccccc3)cn2)c1. The molecule has 0 aliphatic rings. The van der Waals surface area contributed by atoms with Crippen LogP contribution in [0.5, 0.6) is 5.75 Å². The molecule has 1 heterocycles. The van der Waals surface area contributed by atoms with Gasteiger partial charge < -0.3 is 15.4 Å². The van der Waals surface area contributed by atoms with E-state index >= 15 is 0 Å². The van der Waals surface area contributed by atoms with Crippen molar-refractivity contribution in [3.63, 3.8) is 0 Å². The van der Waals surface area contributed by atoms with Crippen molar-refractivity contribution in [1.29, 1.82) is 0 Å². The van der Waals surface area contributed by atoms with E-state index in [1.165, 1.54) is 18.0 Å². The minimum Gasteiger partial charge on any atom is -0.497 e. The normalized spacial score (nSPS) is 10.3. The first kappa shape index (κ1) is 18.4. The van der Waals surface area contributed by atoms with Gasteiger partial charge >= 0.3 is 0 Å². The Morgan fingerprint density at radius 1 is 1.04 bits per heavy atom. The number of nitrogens with zero attached hydrogens (tertiary/aromatic N) is 2. The maximum absolute atomic E-state index is 12.2. The lowest BCUT2D eigenvalue weighted by atomic mass is 10.1. The summed E-state index contributed by atoms with van der Waals surface area (Å²) in [6.07, 6.45) is 4.84. The van der Waals surface area contributed by atoms with Crippen molar-refractivity contribution in [1.82, 2.24) is 15.3 Å². The average Bonchev–Trinajstić information content (AvgIpc) is 2.72. The molecule has 0 atom stereocenters. The monoisotopic (exact) mass is 362 g/mol. The first-order valence-electron chi connectivity index (χ1n) is 8.80. The van der Waals surface area contributed by atoms with Crippen LogP contribution in [0.3, 0.4) is 0 Å². The molecule has 0 aliphatic carbocycles. The number of nitrogens with one attached hydrogen (secondary N) is 2. The minimum atomic E-state index is -0.170. The number of aromatic nitrogens is 2. The molecule has 2 aromatic carbocycles. The van der Waals surface area contributed by atoms with Gasteiger partial charge in [-0.15, -0.1) is 0 Å². The fraction of sp³-hybridized carbons (Fsp3) is 0.190. The third-order valence-corrected chi connectivity index (χ3v) is 4.01. The quantitative estimate of drug-likeness (QED) is 0.599. The van der Waals surface area contributed by atoms with Gasteiger partial charge in [-0.05, 0) is 30.5 Å². The fourth-order valence-electron chi connectivity index (χ4n) is 2.58. The summed E-state index contributed by atoms with van der Waals surface area (Å²) in [6.45, 7) is 0.609. The van der Waals surface area contributed by atoms with Crippen molar-refractivity contribution in [3.05, 3.63) is 78.1 Å². The summed E-state index contributed by atoms with van der Waals surface area (Å²) >= 11 is 0. The Morgan fingerprint density at radius 2 is 1.81 bits per heavy atom. The number of aryl methyl sites for hydroxylation is 1. The lowest BCUT2D eigenvalue weighted by Crippen LogP contribution is -2.25. The zero-order valence-corrected chi connectivity index (χ0v) is 15.2. The standard InChI is InChI=1S/C21H22N4O2/c1-27-19-11-5-10-18(13-19)25-21-23-14-17(15-24-21)20(26)22-12-6-9-16-7-3-2-4-8-16/h2-5,7-8,10-11,13-15H,6,9,12H2,1H3,(H,22,26)(H,23,24,25). The Balaban J connectivity index is 1.48. The highest BCUT2D eigenvalue weighted by Crippen LogP contribution is 2.19.